The number of hydrogen-bond acceptors (Lipinski definition) is 1. The van der Waals surface area contributed by atoms with Crippen molar-refractivity contribution in [1.82, 2.24) is 0 Å². The second-order valence-corrected chi connectivity index (χ2v) is 4.31. The molecule has 0 spiro atoms. The molecule has 1 nitrogen and oxygen atoms in total. The van der Waals surface area contributed by atoms with Gasteiger partial charge in [-0.2, -0.15) is 0 Å². The minimum atomic E-state index is -0.189. The van der Waals surface area contributed by atoms with Gasteiger partial charge in [-0.25, -0.2) is 0 Å². The third-order valence-electron chi connectivity index (χ3n) is 2.60. The van der Waals surface area contributed by atoms with Crippen LogP contribution in [0.25, 0.3) is 0 Å². The van der Waals surface area contributed by atoms with Crippen molar-refractivity contribution in [2.24, 2.45) is 0 Å². The molecule has 0 N–H and O–H groups in total. The highest BCUT2D eigenvalue weighted by Gasteiger charge is 2.12. The Labute approximate surface area is 101 Å². The first kappa shape index (κ1) is 11.3. The maximum Gasteiger partial charge on any atom is 0.126 e. The number of benzene rings is 1. The summed E-state index contributed by atoms with van der Waals surface area (Å²) in [5, 5.41) is -0.189. The summed E-state index contributed by atoms with van der Waals surface area (Å²) in [4.78, 5) is 0. The topological polar surface area (TPSA) is 13.1 Å². The van der Waals surface area contributed by atoms with Gasteiger partial charge in [0.05, 0.1) is 6.26 Å². The Bertz CT molecular complexity index is 417. The molecule has 1 atom stereocenters. The summed E-state index contributed by atoms with van der Waals surface area (Å²) in [5.74, 6) is 0.796. The molecule has 0 fully saturated rings. The van der Waals surface area contributed by atoms with Crippen molar-refractivity contribution < 1.29 is 4.42 Å². The molecule has 0 bridgehead atoms. The van der Waals surface area contributed by atoms with Gasteiger partial charge in [-0.3, -0.25) is 0 Å². The van der Waals surface area contributed by atoms with Crippen LogP contribution in [-0.4, -0.2) is 0 Å². The Kier molecular flexibility index (Phi) is 3.68. The first-order valence-corrected chi connectivity index (χ1v) is 6.01. The molecule has 84 valence electrons. The van der Waals surface area contributed by atoms with Gasteiger partial charge in [-0.15, -0.1) is 11.6 Å². The van der Waals surface area contributed by atoms with E-state index >= 15 is 0 Å². The zero-order chi connectivity index (χ0) is 11.4. The van der Waals surface area contributed by atoms with E-state index in [4.69, 9.17) is 16.0 Å². The Balaban J connectivity index is 2.15. The molecule has 16 heavy (non-hydrogen) atoms. The molecule has 1 aromatic carbocycles. The van der Waals surface area contributed by atoms with Gasteiger partial charge in [0.25, 0.3) is 0 Å². The van der Waals surface area contributed by atoms with Gasteiger partial charge in [0.15, 0.2) is 0 Å². The van der Waals surface area contributed by atoms with Gasteiger partial charge in [-0.05, 0) is 29.7 Å². The molecule has 1 unspecified atom stereocenters. The molecule has 0 aliphatic heterocycles. The van der Waals surface area contributed by atoms with Crippen LogP contribution in [0.5, 0.6) is 0 Å². The highest BCUT2D eigenvalue weighted by molar-refractivity contribution is 6.22. The fourth-order valence-corrected chi connectivity index (χ4v) is 2.01. The van der Waals surface area contributed by atoms with E-state index in [2.05, 4.69) is 31.2 Å². The number of halogens is 1. The lowest BCUT2D eigenvalue weighted by Gasteiger charge is -2.07. The number of alkyl halides is 1. The molecule has 0 aliphatic carbocycles. The van der Waals surface area contributed by atoms with Crippen molar-refractivity contribution in [3.05, 3.63) is 59.5 Å². The van der Waals surface area contributed by atoms with Crippen LogP contribution in [0.3, 0.4) is 0 Å². The van der Waals surface area contributed by atoms with E-state index in [1.165, 1.54) is 12.0 Å². The van der Waals surface area contributed by atoms with E-state index in [-0.39, 0.29) is 5.38 Å². The molecule has 2 rings (SSSR count). The van der Waals surface area contributed by atoms with Gasteiger partial charge < -0.3 is 4.42 Å². The lowest BCUT2D eigenvalue weighted by molar-refractivity contribution is 0.516. The Hall–Kier alpha value is -1.21. The Morgan fingerprint density at radius 3 is 2.50 bits per heavy atom. The minimum absolute atomic E-state index is 0.189. The third-order valence-corrected chi connectivity index (χ3v) is 3.07. The maximum atomic E-state index is 6.31. The van der Waals surface area contributed by atoms with Gasteiger partial charge in [0.1, 0.15) is 11.1 Å². The molecule has 0 aliphatic rings. The molecular weight excluding hydrogens is 220 g/mol. The van der Waals surface area contributed by atoms with E-state index in [1.54, 1.807) is 6.26 Å². The normalized spacial score (nSPS) is 12.6. The molecule has 2 heteroatoms. The summed E-state index contributed by atoms with van der Waals surface area (Å²) >= 11 is 6.31. The first-order chi connectivity index (χ1) is 7.81. The second-order valence-electron chi connectivity index (χ2n) is 3.87. The third kappa shape index (κ3) is 2.48. The molecule has 0 amide bonds. The average Bonchev–Trinajstić information content (AvgIpc) is 2.83. The van der Waals surface area contributed by atoms with Crippen molar-refractivity contribution >= 4 is 11.6 Å². The monoisotopic (exact) mass is 234 g/mol. The van der Waals surface area contributed by atoms with Crippen LogP contribution in [0.2, 0.25) is 0 Å². The van der Waals surface area contributed by atoms with E-state index in [9.17, 15) is 0 Å². The highest BCUT2D eigenvalue weighted by Crippen LogP contribution is 2.29. The lowest BCUT2D eigenvalue weighted by Crippen LogP contribution is -1.92. The fraction of sp³-hybridized carbons (Fsp3) is 0.286. The largest absolute Gasteiger partial charge is 0.467 e. The first-order valence-electron chi connectivity index (χ1n) is 5.57. The molecule has 2 aromatic rings. The predicted octanol–water partition coefficient (Wildman–Crippen LogP) is 4.56. The van der Waals surface area contributed by atoms with Gasteiger partial charge in [-0.1, -0.05) is 37.6 Å². The van der Waals surface area contributed by atoms with Crippen molar-refractivity contribution in [3.63, 3.8) is 0 Å². The Morgan fingerprint density at radius 2 is 1.94 bits per heavy atom. The van der Waals surface area contributed by atoms with Crippen molar-refractivity contribution in [2.45, 2.75) is 25.1 Å². The maximum absolute atomic E-state index is 6.31. The quantitative estimate of drug-likeness (QED) is 0.707. The lowest BCUT2D eigenvalue weighted by atomic mass is 10.0. The Morgan fingerprint density at radius 1 is 1.19 bits per heavy atom. The second kappa shape index (κ2) is 5.22. The summed E-state index contributed by atoms with van der Waals surface area (Å²) in [7, 11) is 0. The SMILES string of the molecule is CCCc1ccc(C(Cl)c2ccco2)cc1. The van der Waals surface area contributed by atoms with Gasteiger partial charge >= 0.3 is 0 Å². The number of furan rings is 1. The van der Waals surface area contributed by atoms with E-state index in [1.807, 2.05) is 12.1 Å². The molecular formula is C14H15ClO. The molecule has 1 aromatic heterocycles. The van der Waals surface area contributed by atoms with Crippen molar-refractivity contribution in [2.75, 3.05) is 0 Å². The van der Waals surface area contributed by atoms with Crippen LogP contribution in [0.1, 0.15) is 35.6 Å². The fourth-order valence-electron chi connectivity index (χ4n) is 1.74. The molecule has 0 saturated carbocycles. The smallest absolute Gasteiger partial charge is 0.126 e. The van der Waals surface area contributed by atoms with Crippen LogP contribution in [0.15, 0.2) is 47.1 Å². The van der Waals surface area contributed by atoms with Crippen LogP contribution in [0.4, 0.5) is 0 Å². The molecule has 0 saturated heterocycles. The summed E-state index contributed by atoms with van der Waals surface area (Å²) in [6.45, 7) is 2.18. The average molecular weight is 235 g/mol. The van der Waals surface area contributed by atoms with Gasteiger partial charge in [0, 0.05) is 0 Å². The summed E-state index contributed by atoms with van der Waals surface area (Å²) < 4.78 is 5.30. The van der Waals surface area contributed by atoms with Crippen molar-refractivity contribution in [1.29, 1.82) is 0 Å². The minimum Gasteiger partial charge on any atom is -0.467 e. The van der Waals surface area contributed by atoms with Crippen molar-refractivity contribution in [3.8, 4) is 0 Å². The number of hydrogen-bond donors (Lipinski definition) is 0. The predicted molar refractivity (Wildman–Crippen MR) is 66.8 cm³/mol. The number of aryl methyl sites for hydroxylation is 1. The number of rotatable bonds is 4. The zero-order valence-corrected chi connectivity index (χ0v) is 10.1. The van der Waals surface area contributed by atoms with Crippen LogP contribution in [0, 0.1) is 0 Å². The van der Waals surface area contributed by atoms with E-state index in [0.29, 0.717) is 0 Å². The molecule has 1 heterocycles. The van der Waals surface area contributed by atoms with Crippen LogP contribution in [-0.2, 0) is 6.42 Å². The summed E-state index contributed by atoms with van der Waals surface area (Å²) in [6.07, 6.45) is 3.94. The van der Waals surface area contributed by atoms with E-state index < -0.39 is 0 Å². The summed E-state index contributed by atoms with van der Waals surface area (Å²) in [5.41, 5.74) is 2.44. The van der Waals surface area contributed by atoms with Crippen LogP contribution >= 0.6 is 11.6 Å². The van der Waals surface area contributed by atoms with Gasteiger partial charge in [0.2, 0.25) is 0 Å². The standard InChI is InChI=1S/C14H15ClO/c1-2-4-11-6-8-12(9-7-11)14(15)13-5-3-10-16-13/h3,5-10,14H,2,4H2,1H3. The van der Waals surface area contributed by atoms with Crippen LogP contribution < -0.4 is 0 Å². The highest BCUT2D eigenvalue weighted by atomic mass is 35.5. The zero-order valence-electron chi connectivity index (χ0n) is 9.32. The summed E-state index contributed by atoms with van der Waals surface area (Å²) in [6, 6.07) is 12.2. The molecule has 0 radical (unpaired) electrons. The van der Waals surface area contributed by atoms with E-state index in [0.717, 1.165) is 17.7 Å².